The third-order valence-corrected chi connectivity index (χ3v) is 4.67. The summed E-state index contributed by atoms with van der Waals surface area (Å²) in [6.07, 6.45) is 4.32. The van der Waals surface area contributed by atoms with Crippen molar-refractivity contribution < 1.29 is 9.21 Å². The summed E-state index contributed by atoms with van der Waals surface area (Å²) in [5, 5.41) is 4.01. The monoisotopic (exact) mass is 291 g/mol. The maximum atomic E-state index is 11.5. The fourth-order valence-corrected chi connectivity index (χ4v) is 3.66. The van der Waals surface area contributed by atoms with Crippen molar-refractivity contribution >= 4 is 28.6 Å². The maximum Gasteiger partial charge on any atom is 0.252 e. The number of nitrogens with zero attached hydrogens (tertiary/aromatic N) is 1. The van der Waals surface area contributed by atoms with Gasteiger partial charge in [-0.25, -0.2) is 4.98 Å². The SMILES string of the molecule is NC(=O)c1cc(Cl)cc2nc(C34CCC(CC3)N4)oc12. The molecule has 0 spiro atoms. The van der Waals surface area contributed by atoms with Crippen LogP contribution in [0.15, 0.2) is 16.5 Å². The van der Waals surface area contributed by atoms with Crippen molar-refractivity contribution in [1.29, 1.82) is 0 Å². The molecule has 6 heteroatoms. The largest absolute Gasteiger partial charge is 0.438 e. The second-order valence-corrected chi connectivity index (χ2v) is 6.12. The highest BCUT2D eigenvalue weighted by atomic mass is 35.5. The Balaban J connectivity index is 1.91. The molecule has 0 radical (unpaired) electrons. The molecule has 2 saturated heterocycles. The van der Waals surface area contributed by atoms with E-state index in [1.165, 1.54) is 6.07 Å². The molecule has 2 aromatic rings. The van der Waals surface area contributed by atoms with Crippen LogP contribution in [0, 0.1) is 0 Å². The number of carbonyl (C=O) groups excluding carboxylic acids is 1. The first-order valence-corrected chi connectivity index (χ1v) is 7.13. The highest BCUT2D eigenvalue weighted by molar-refractivity contribution is 6.31. The van der Waals surface area contributed by atoms with E-state index in [0.29, 0.717) is 28.1 Å². The minimum atomic E-state index is -0.554. The van der Waals surface area contributed by atoms with Crippen molar-refractivity contribution in [2.45, 2.75) is 37.3 Å². The molecule has 2 fully saturated rings. The van der Waals surface area contributed by atoms with Gasteiger partial charge in [0.15, 0.2) is 5.58 Å². The third kappa shape index (κ3) is 1.60. The number of fused-ring (bicyclic) bond motifs is 3. The summed E-state index contributed by atoms with van der Waals surface area (Å²) in [5.41, 5.74) is 6.52. The van der Waals surface area contributed by atoms with Crippen LogP contribution in [0.3, 0.4) is 0 Å². The Morgan fingerprint density at radius 2 is 2.20 bits per heavy atom. The molecule has 1 aromatic heterocycles. The standard InChI is InChI=1S/C14H14ClN3O2/c15-7-5-9(12(16)19)11-10(6-7)17-13(20-11)14-3-1-8(18-14)2-4-14/h5-6,8,18H,1-4H2,(H2,16,19). The van der Waals surface area contributed by atoms with Crippen molar-refractivity contribution in [1.82, 2.24) is 10.3 Å². The van der Waals surface area contributed by atoms with Crippen molar-refractivity contribution in [2.24, 2.45) is 5.73 Å². The van der Waals surface area contributed by atoms with E-state index < -0.39 is 5.91 Å². The molecular weight excluding hydrogens is 278 g/mol. The summed E-state index contributed by atoms with van der Waals surface area (Å²) in [6, 6.07) is 3.79. The normalized spacial score (nSPS) is 28.4. The first kappa shape index (κ1) is 12.2. The van der Waals surface area contributed by atoms with E-state index in [1.54, 1.807) is 6.07 Å². The Morgan fingerprint density at radius 3 is 2.80 bits per heavy atom. The Bertz CT molecular complexity index is 717. The molecule has 20 heavy (non-hydrogen) atoms. The van der Waals surface area contributed by atoms with Crippen LogP contribution in [0.4, 0.5) is 0 Å². The number of nitrogens with one attached hydrogen (secondary N) is 1. The zero-order chi connectivity index (χ0) is 13.9. The lowest BCUT2D eigenvalue weighted by Gasteiger charge is -2.21. The van der Waals surface area contributed by atoms with Gasteiger partial charge >= 0.3 is 0 Å². The average molecular weight is 292 g/mol. The average Bonchev–Trinajstić information content (AvgIpc) is 3.10. The highest BCUT2D eigenvalue weighted by Gasteiger charge is 2.49. The van der Waals surface area contributed by atoms with E-state index in [0.717, 1.165) is 25.7 Å². The number of aromatic nitrogens is 1. The second-order valence-electron chi connectivity index (χ2n) is 5.69. The van der Waals surface area contributed by atoms with Gasteiger partial charge in [0.05, 0.1) is 11.1 Å². The lowest BCUT2D eigenvalue weighted by Crippen LogP contribution is -2.33. The lowest BCUT2D eigenvalue weighted by molar-refractivity contribution is 0.100. The molecule has 3 N–H and O–H groups in total. The van der Waals surface area contributed by atoms with Gasteiger partial charge in [0, 0.05) is 11.1 Å². The Morgan fingerprint density at radius 1 is 1.45 bits per heavy atom. The molecule has 0 unspecified atom stereocenters. The number of halogens is 1. The molecule has 5 nitrogen and oxygen atoms in total. The first-order valence-electron chi connectivity index (χ1n) is 6.75. The van der Waals surface area contributed by atoms with Crippen LogP contribution in [-0.4, -0.2) is 16.9 Å². The van der Waals surface area contributed by atoms with E-state index in [1.807, 2.05) is 0 Å². The van der Waals surface area contributed by atoms with Crippen LogP contribution >= 0.6 is 11.6 Å². The fraction of sp³-hybridized carbons (Fsp3) is 0.429. The van der Waals surface area contributed by atoms with Gasteiger partial charge in [-0.3, -0.25) is 4.79 Å². The first-order chi connectivity index (χ1) is 9.57. The van der Waals surface area contributed by atoms with Gasteiger partial charge in [-0.2, -0.15) is 0 Å². The fourth-order valence-electron chi connectivity index (χ4n) is 3.45. The Hall–Kier alpha value is -1.59. The smallest absolute Gasteiger partial charge is 0.252 e. The Kier molecular flexibility index (Phi) is 2.41. The molecule has 0 atom stereocenters. The van der Waals surface area contributed by atoms with E-state index in [9.17, 15) is 4.79 Å². The van der Waals surface area contributed by atoms with Crippen LogP contribution in [0.2, 0.25) is 5.02 Å². The molecule has 2 bridgehead atoms. The van der Waals surface area contributed by atoms with E-state index >= 15 is 0 Å². The topological polar surface area (TPSA) is 81.2 Å². The van der Waals surface area contributed by atoms with Crippen LogP contribution < -0.4 is 11.1 Å². The number of nitrogens with two attached hydrogens (primary N) is 1. The summed E-state index contributed by atoms with van der Waals surface area (Å²) in [5.74, 6) is 0.0960. The lowest BCUT2D eigenvalue weighted by atomic mass is 9.88. The molecular formula is C14H14ClN3O2. The Labute approximate surface area is 120 Å². The molecule has 2 aliphatic heterocycles. The molecule has 1 aromatic carbocycles. The summed E-state index contributed by atoms with van der Waals surface area (Å²) in [7, 11) is 0. The molecule has 4 rings (SSSR count). The number of primary amides is 1. The molecule has 3 heterocycles. The summed E-state index contributed by atoms with van der Waals surface area (Å²) in [4.78, 5) is 16.1. The van der Waals surface area contributed by atoms with E-state index in [2.05, 4.69) is 10.3 Å². The number of hydrogen-bond acceptors (Lipinski definition) is 4. The van der Waals surface area contributed by atoms with Crippen LogP contribution in [0.1, 0.15) is 41.9 Å². The van der Waals surface area contributed by atoms with Gasteiger partial charge in [0.25, 0.3) is 5.91 Å². The zero-order valence-electron chi connectivity index (χ0n) is 10.8. The number of oxazole rings is 1. The van der Waals surface area contributed by atoms with Gasteiger partial charge in [-0.05, 0) is 37.8 Å². The van der Waals surface area contributed by atoms with Crippen molar-refractivity contribution in [3.63, 3.8) is 0 Å². The van der Waals surface area contributed by atoms with Gasteiger partial charge in [-0.15, -0.1) is 0 Å². The van der Waals surface area contributed by atoms with Gasteiger partial charge < -0.3 is 15.5 Å². The number of benzene rings is 1. The number of amides is 1. The molecule has 0 aliphatic carbocycles. The van der Waals surface area contributed by atoms with Crippen LogP contribution in [-0.2, 0) is 5.54 Å². The van der Waals surface area contributed by atoms with E-state index in [4.69, 9.17) is 21.8 Å². The summed E-state index contributed by atoms with van der Waals surface area (Å²) in [6.45, 7) is 0. The van der Waals surface area contributed by atoms with Crippen LogP contribution in [0.5, 0.6) is 0 Å². The number of hydrogen-bond donors (Lipinski definition) is 2. The minimum absolute atomic E-state index is 0.176. The molecule has 1 amide bonds. The number of rotatable bonds is 2. The van der Waals surface area contributed by atoms with Crippen molar-refractivity contribution in [2.75, 3.05) is 0 Å². The van der Waals surface area contributed by atoms with Crippen LogP contribution in [0.25, 0.3) is 11.1 Å². The molecule has 104 valence electrons. The second kappa shape index (κ2) is 3.96. The zero-order valence-corrected chi connectivity index (χ0v) is 11.5. The quantitative estimate of drug-likeness (QED) is 0.890. The maximum absolute atomic E-state index is 11.5. The van der Waals surface area contributed by atoms with E-state index in [-0.39, 0.29) is 11.1 Å². The predicted octanol–water partition coefficient (Wildman–Crippen LogP) is 2.32. The van der Waals surface area contributed by atoms with Crippen molar-refractivity contribution in [3.8, 4) is 0 Å². The van der Waals surface area contributed by atoms with Gasteiger partial charge in [0.1, 0.15) is 5.52 Å². The molecule has 0 saturated carbocycles. The minimum Gasteiger partial charge on any atom is -0.438 e. The predicted molar refractivity (Wildman–Crippen MR) is 74.6 cm³/mol. The summed E-state index contributed by atoms with van der Waals surface area (Å²) >= 11 is 6.01. The van der Waals surface area contributed by atoms with Gasteiger partial charge in [-0.1, -0.05) is 11.6 Å². The highest BCUT2D eigenvalue weighted by Crippen LogP contribution is 2.45. The van der Waals surface area contributed by atoms with Gasteiger partial charge in [0.2, 0.25) is 5.89 Å². The third-order valence-electron chi connectivity index (χ3n) is 4.45. The van der Waals surface area contributed by atoms with Crippen molar-refractivity contribution in [3.05, 3.63) is 28.6 Å². The number of carbonyl (C=O) groups is 1. The summed E-state index contributed by atoms with van der Waals surface area (Å²) < 4.78 is 5.89. The molecule has 2 aliphatic rings.